The van der Waals surface area contributed by atoms with E-state index in [1.165, 1.54) is 0 Å². The van der Waals surface area contributed by atoms with Gasteiger partial charge in [0.15, 0.2) is 0 Å². The van der Waals surface area contributed by atoms with E-state index >= 15 is 0 Å². The summed E-state index contributed by atoms with van der Waals surface area (Å²) in [6.07, 6.45) is 0. The molecule has 1 aliphatic rings. The summed E-state index contributed by atoms with van der Waals surface area (Å²) in [4.78, 5) is 30.0. The first kappa shape index (κ1) is 21.1. The molecule has 5 nitrogen and oxygen atoms in total. The minimum absolute atomic E-state index is 0.00540. The highest BCUT2D eigenvalue weighted by atomic mass is 16.2. The van der Waals surface area contributed by atoms with Gasteiger partial charge in [0.25, 0.3) is 11.8 Å². The van der Waals surface area contributed by atoms with Crippen molar-refractivity contribution in [2.45, 2.75) is 33.6 Å². The van der Waals surface area contributed by atoms with Crippen molar-refractivity contribution in [2.75, 3.05) is 38.0 Å². The van der Waals surface area contributed by atoms with Gasteiger partial charge in [0.2, 0.25) is 0 Å². The molecule has 0 saturated carbocycles. The van der Waals surface area contributed by atoms with Crippen LogP contribution in [-0.4, -0.2) is 54.3 Å². The zero-order valence-corrected chi connectivity index (χ0v) is 17.9. The summed E-state index contributed by atoms with van der Waals surface area (Å²) in [6.45, 7) is 12.6. The summed E-state index contributed by atoms with van der Waals surface area (Å²) >= 11 is 0. The van der Waals surface area contributed by atoms with Gasteiger partial charge < -0.3 is 15.1 Å². The van der Waals surface area contributed by atoms with Crippen LogP contribution in [0.1, 0.15) is 58.5 Å². The second kappa shape index (κ2) is 9.23. The van der Waals surface area contributed by atoms with Crippen molar-refractivity contribution >= 4 is 17.5 Å². The predicted molar refractivity (Wildman–Crippen MR) is 118 cm³/mol. The fraction of sp³-hybridized carbons (Fsp3) is 0.417. The van der Waals surface area contributed by atoms with Crippen molar-refractivity contribution in [3.05, 3.63) is 64.7 Å². The third-order valence-electron chi connectivity index (χ3n) is 5.64. The van der Waals surface area contributed by atoms with Gasteiger partial charge in [-0.15, -0.1) is 0 Å². The second-order valence-corrected chi connectivity index (χ2v) is 7.96. The Morgan fingerprint density at radius 1 is 1.00 bits per heavy atom. The van der Waals surface area contributed by atoms with E-state index in [0.29, 0.717) is 17.0 Å². The summed E-state index contributed by atoms with van der Waals surface area (Å²) < 4.78 is 0. The Morgan fingerprint density at radius 2 is 1.66 bits per heavy atom. The summed E-state index contributed by atoms with van der Waals surface area (Å²) in [5, 5.41) is 3.07. The number of anilines is 1. The molecule has 0 bridgehead atoms. The van der Waals surface area contributed by atoms with Crippen LogP contribution in [0.4, 0.5) is 5.69 Å². The van der Waals surface area contributed by atoms with Crippen molar-refractivity contribution in [1.82, 2.24) is 9.80 Å². The second-order valence-electron chi connectivity index (χ2n) is 7.96. The Labute approximate surface area is 173 Å². The topological polar surface area (TPSA) is 52.7 Å². The van der Waals surface area contributed by atoms with E-state index in [-0.39, 0.29) is 11.8 Å². The highest BCUT2D eigenvalue weighted by Gasteiger charge is 2.22. The number of rotatable bonds is 5. The summed E-state index contributed by atoms with van der Waals surface area (Å²) in [6, 6.07) is 13.1. The van der Waals surface area contributed by atoms with Crippen molar-refractivity contribution < 1.29 is 9.59 Å². The number of nitrogens with one attached hydrogen (secondary N) is 1. The van der Waals surface area contributed by atoms with Crippen molar-refractivity contribution in [3.8, 4) is 0 Å². The average molecular weight is 394 g/mol. The van der Waals surface area contributed by atoms with Gasteiger partial charge in [0.05, 0.1) is 0 Å². The van der Waals surface area contributed by atoms with Gasteiger partial charge in [-0.1, -0.05) is 45.0 Å². The number of likely N-dealkylation sites (N-methyl/N-ethyl adjacent to an activating group) is 1. The normalized spacial score (nSPS) is 14.9. The Hall–Kier alpha value is -2.66. The molecular weight excluding hydrogens is 362 g/mol. The van der Waals surface area contributed by atoms with Crippen LogP contribution in [0.2, 0.25) is 0 Å². The van der Waals surface area contributed by atoms with Gasteiger partial charge in [0.1, 0.15) is 0 Å². The zero-order chi connectivity index (χ0) is 21.0. The lowest BCUT2D eigenvalue weighted by atomic mass is 9.98. The first-order valence-corrected chi connectivity index (χ1v) is 10.4. The first-order chi connectivity index (χ1) is 13.9. The smallest absolute Gasteiger partial charge is 0.255 e. The van der Waals surface area contributed by atoms with E-state index in [2.05, 4.69) is 31.0 Å². The third kappa shape index (κ3) is 4.85. The molecule has 154 valence electrons. The number of hydrogen-bond acceptors (Lipinski definition) is 3. The molecule has 2 aromatic carbocycles. The molecule has 0 aliphatic carbocycles. The summed E-state index contributed by atoms with van der Waals surface area (Å²) in [5.41, 5.74) is 4.07. The monoisotopic (exact) mass is 393 g/mol. The largest absolute Gasteiger partial charge is 0.336 e. The van der Waals surface area contributed by atoms with E-state index < -0.39 is 0 Å². The molecule has 0 spiro atoms. The quantitative estimate of drug-likeness (QED) is 0.830. The number of hydrogen-bond donors (Lipinski definition) is 1. The minimum atomic E-state index is -0.188. The Balaban J connectivity index is 1.76. The maximum atomic E-state index is 12.9. The number of benzene rings is 2. The summed E-state index contributed by atoms with van der Waals surface area (Å²) in [7, 11) is 0. The molecule has 5 heteroatoms. The molecule has 1 fully saturated rings. The molecule has 1 N–H and O–H groups in total. The van der Waals surface area contributed by atoms with Crippen LogP contribution in [0.3, 0.4) is 0 Å². The molecule has 29 heavy (non-hydrogen) atoms. The van der Waals surface area contributed by atoms with Crippen molar-refractivity contribution in [2.24, 2.45) is 0 Å². The van der Waals surface area contributed by atoms with E-state index in [1.54, 1.807) is 24.3 Å². The van der Waals surface area contributed by atoms with E-state index in [0.717, 1.165) is 49.5 Å². The Kier molecular flexibility index (Phi) is 6.70. The maximum Gasteiger partial charge on any atom is 0.255 e. The molecule has 0 unspecified atom stereocenters. The molecule has 1 heterocycles. The zero-order valence-electron chi connectivity index (χ0n) is 17.9. The SMILES string of the molecule is CCN1CCN(C(=O)c2cccc(C(=O)Nc3c(C)cccc3C(C)C)c2)CC1. The van der Waals surface area contributed by atoms with Crippen molar-refractivity contribution in [3.63, 3.8) is 0 Å². The van der Waals surface area contributed by atoms with Gasteiger partial charge >= 0.3 is 0 Å². The molecule has 0 atom stereocenters. The molecule has 1 aliphatic heterocycles. The number of amides is 2. The van der Waals surface area contributed by atoms with E-state index in [4.69, 9.17) is 0 Å². The third-order valence-corrected chi connectivity index (χ3v) is 5.64. The van der Waals surface area contributed by atoms with E-state index in [9.17, 15) is 9.59 Å². The van der Waals surface area contributed by atoms with E-state index in [1.807, 2.05) is 30.0 Å². The van der Waals surface area contributed by atoms with Crippen LogP contribution in [0, 0.1) is 6.92 Å². The standard InChI is InChI=1S/C24H31N3O2/c1-5-26-12-14-27(15-13-26)24(29)20-10-7-9-19(16-20)23(28)25-22-18(4)8-6-11-21(22)17(2)3/h6-11,16-17H,5,12-15H2,1-4H3,(H,25,28). The van der Waals surface area contributed by atoms with Crippen molar-refractivity contribution in [1.29, 1.82) is 0 Å². The number of carbonyl (C=O) groups excluding carboxylic acids is 2. The fourth-order valence-corrected chi connectivity index (χ4v) is 3.77. The number of para-hydroxylation sites is 1. The van der Waals surface area contributed by atoms with Crippen LogP contribution >= 0.6 is 0 Å². The van der Waals surface area contributed by atoms with Gasteiger partial charge in [-0.25, -0.2) is 0 Å². The molecule has 1 saturated heterocycles. The molecule has 3 rings (SSSR count). The van der Waals surface area contributed by atoms with Crippen LogP contribution in [-0.2, 0) is 0 Å². The summed E-state index contributed by atoms with van der Waals surface area (Å²) in [5.74, 6) is 0.112. The number of carbonyl (C=O) groups is 2. The number of nitrogens with zero attached hydrogens (tertiary/aromatic N) is 2. The molecule has 2 aromatic rings. The van der Waals surface area contributed by atoms with Crippen LogP contribution in [0.25, 0.3) is 0 Å². The lowest BCUT2D eigenvalue weighted by Gasteiger charge is -2.34. The van der Waals surface area contributed by atoms with Gasteiger partial charge in [-0.3, -0.25) is 9.59 Å². The van der Waals surface area contributed by atoms with Gasteiger partial charge in [-0.2, -0.15) is 0 Å². The molecular formula is C24H31N3O2. The van der Waals surface area contributed by atoms with Gasteiger partial charge in [-0.05, 0) is 48.7 Å². The average Bonchev–Trinajstić information content (AvgIpc) is 2.74. The number of piperazine rings is 1. The van der Waals surface area contributed by atoms with Crippen LogP contribution in [0.15, 0.2) is 42.5 Å². The highest BCUT2D eigenvalue weighted by Crippen LogP contribution is 2.28. The molecule has 0 aromatic heterocycles. The minimum Gasteiger partial charge on any atom is -0.336 e. The lowest BCUT2D eigenvalue weighted by Crippen LogP contribution is -2.48. The molecule has 2 amide bonds. The lowest BCUT2D eigenvalue weighted by molar-refractivity contribution is 0.0643. The number of aryl methyl sites for hydroxylation is 1. The Bertz CT molecular complexity index is 883. The van der Waals surface area contributed by atoms with Gasteiger partial charge in [0, 0.05) is 43.0 Å². The highest BCUT2D eigenvalue weighted by molar-refractivity contribution is 6.06. The van der Waals surface area contributed by atoms with Crippen LogP contribution in [0.5, 0.6) is 0 Å². The molecule has 0 radical (unpaired) electrons. The first-order valence-electron chi connectivity index (χ1n) is 10.4. The predicted octanol–water partition coefficient (Wildman–Crippen LogP) is 4.15. The maximum absolute atomic E-state index is 12.9. The fourth-order valence-electron chi connectivity index (χ4n) is 3.77. The van der Waals surface area contributed by atoms with Crippen LogP contribution < -0.4 is 5.32 Å². The Morgan fingerprint density at radius 3 is 2.31 bits per heavy atom.